The van der Waals surface area contributed by atoms with Crippen LogP contribution in [0, 0.1) is 5.41 Å². The Hall–Kier alpha value is 0.200. The fraction of sp³-hybridized carbons (Fsp3) is 1.00. The van der Waals surface area contributed by atoms with E-state index in [4.69, 9.17) is 15.4 Å². The van der Waals surface area contributed by atoms with Gasteiger partial charge in [0.1, 0.15) is 0 Å². The van der Waals surface area contributed by atoms with E-state index in [1.807, 2.05) is 0 Å². The van der Waals surface area contributed by atoms with Gasteiger partial charge in [-0.25, -0.2) is 8.42 Å². The Balaban J connectivity index is 3.27. The van der Waals surface area contributed by atoms with Crippen molar-refractivity contribution in [1.29, 1.82) is 0 Å². The van der Waals surface area contributed by atoms with Crippen LogP contribution in [0.1, 0.15) is 40.0 Å². The summed E-state index contributed by atoms with van der Waals surface area (Å²) in [6, 6.07) is 0. The van der Waals surface area contributed by atoms with Gasteiger partial charge in [0.25, 0.3) is 0 Å². The third-order valence-corrected chi connectivity index (χ3v) is 3.13. The summed E-state index contributed by atoms with van der Waals surface area (Å²) >= 11 is 0. The maximum atomic E-state index is 10.6. The molecule has 0 amide bonds. The predicted molar refractivity (Wildman–Crippen MR) is 63.8 cm³/mol. The third kappa shape index (κ3) is 14.2. The molecule has 92 valence electrons. The lowest BCUT2D eigenvalue weighted by Gasteiger charge is -2.17. The Bertz CT molecular complexity index is 254. The van der Waals surface area contributed by atoms with Crippen molar-refractivity contribution in [1.82, 2.24) is 0 Å². The average molecular weight is 257 g/mol. The molecule has 0 aliphatic carbocycles. The first kappa shape index (κ1) is 15.2. The van der Waals surface area contributed by atoms with E-state index < -0.39 is 9.05 Å². The minimum Gasteiger partial charge on any atom is -0.381 e. The second-order valence-corrected chi connectivity index (χ2v) is 7.77. The Morgan fingerprint density at radius 3 is 2.13 bits per heavy atom. The van der Waals surface area contributed by atoms with Crippen LogP contribution in [0.4, 0.5) is 0 Å². The molecule has 0 aliphatic rings. The average Bonchev–Trinajstić information content (AvgIpc) is 1.98. The molecule has 0 radical (unpaired) electrons. The van der Waals surface area contributed by atoms with Crippen molar-refractivity contribution in [3.63, 3.8) is 0 Å². The molecule has 0 aromatic carbocycles. The molecule has 0 aliphatic heterocycles. The van der Waals surface area contributed by atoms with Crippen molar-refractivity contribution < 1.29 is 13.2 Å². The highest BCUT2D eigenvalue weighted by molar-refractivity contribution is 8.13. The molecule has 0 unspecified atom stereocenters. The van der Waals surface area contributed by atoms with Crippen LogP contribution in [0.5, 0.6) is 0 Å². The van der Waals surface area contributed by atoms with Gasteiger partial charge in [0.05, 0.1) is 5.75 Å². The highest BCUT2D eigenvalue weighted by Gasteiger charge is 2.09. The zero-order chi connectivity index (χ0) is 11.9. The van der Waals surface area contributed by atoms with Gasteiger partial charge in [-0.1, -0.05) is 20.8 Å². The molecule has 15 heavy (non-hydrogen) atoms. The summed E-state index contributed by atoms with van der Waals surface area (Å²) in [6.07, 6.45) is 2.60. The van der Waals surface area contributed by atoms with Crippen molar-refractivity contribution in [2.45, 2.75) is 40.0 Å². The van der Waals surface area contributed by atoms with Crippen LogP contribution < -0.4 is 0 Å². The lowest BCUT2D eigenvalue weighted by Crippen LogP contribution is -2.08. The molecule has 0 atom stereocenters. The Labute approximate surface area is 97.6 Å². The van der Waals surface area contributed by atoms with Gasteiger partial charge in [0.2, 0.25) is 9.05 Å². The molecule has 0 rings (SSSR count). The quantitative estimate of drug-likeness (QED) is 0.520. The molecular weight excluding hydrogens is 236 g/mol. The van der Waals surface area contributed by atoms with Crippen molar-refractivity contribution in [3.8, 4) is 0 Å². The van der Waals surface area contributed by atoms with Crippen LogP contribution in [0.2, 0.25) is 0 Å². The van der Waals surface area contributed by atoms with E-state index in [0.717, 1.165) is 12.8 Å². The van der Waals surface area contributed by atoms with Crippen molar-refractivity contribution >= 4 is 19.7 Å². The smallest absolute Gasteiger partial charge is 0.232 e. The van der Waals surface area contributed by atoms with E-state index in [2.05, 4.69) is 20.8 Å². The van der Waals surface area contributed by atoms with Gasteiger partial charge in [-0.15, -0.1) is 0 Å². The summed E-state index contributed by atoms with van der Waals surface area (Å²) in [5.74, 6) is -0.00612. The molecule has 0 aromatic heterocycles. The molecule has 5 heteroatoms. The van der Waals surface area contributed by atoms with E-state index >= 15 is 0 Å². The molecule has 0 aromatic rings. The molecule has 0 saturated carbocycles. The summed E-state index contributed by atoms with van der Waals surface area (Å²) in [5, 5.41) is 0. The zero-order valence-corrected chi connectivity index (χ0v) is 11.3. The van der Waals surface area contributed by atoms with Crippen molar-refractivity contribution in [2.24, 2.45) is 5.41 Å². The number of hydrogen-bond acceptors (Lipinski definition) is 3. The van der Waals surface area contributed by atoms with Gasteiger partial charge in [0.15, 0.2) is 0 Å². The minimum atomic E-state index is -3.35. The number of rotatable bonds is 7. The fourth-order valence-corrected chi connectivity index (χ4v) is 1.93. The minimum absolute atomic E-state index is 0.00612. The molecule has 3 nitrogen and oxygen atoms in total. The molecule has 0 spiro atoms. The topological polar surface area (TPSA) is 43.4 Å². The highest BCUT2D eigenvalue weighted by atomic mass is 35.7. The first-order valence-electron chi connectivity index (χ1n) is 5.21. The van der Waals surface area contributed by atoms with Gasteiger partial charge in [-0.05, 0) is 24.7 Å². The van der Waals surface area contributed by atoms with E-state index in [1.165, 1.54) is 0 Å². The normalized spacial score (nSPS) is 13.1. The second-order valence-electron chi connectivity index (χ2n) is 4.87. The first-order chi connectivity index (χ1) is 6.71. The molecular formula is C10H21ClO3S. The lowest BCUT2D eigenvalue weighted by atomic mass is 9.91. The maximum absolute atomic E-state index is 10.6. The van der Waals surface area contributed by atoms with E-state index in [-0.39, 0.29) is 5.75 Å². The van der Waals surface area contributed by atoms with Crippen LogP contribution in [0.15, 0.2) is 0 Å². The molecule has 0 heterocycles. The zero-order valence-electron chi connectivity index (χ0n) is 9.75. The van der Waals surface area contributed by atoms with Crippen LogP contribution in [0.3, 0.4) is 0 Å². The third-order valence-electron chi connectivity index (χ3n) is 1.89. The van der Waals surface area contributed by atoms with E-state index in [1.54, 1.807) is 0 Å². The SMILES string of the molecule is CC(C)(C)CCCOCCCS(=O)(=O)Cl. The van der Waals surface area contributed by atoms with Crippen LogP contribution in [-0.4, -0.2) is 27.4 Å². The molecule has 0 N–H and O–H groups in total. The monoisotopic (exact) mass is 256 g/mol. The van der Waals surface area contributed by atoms with Crippen molar-refractivity contribution in [3.05, 3.63) is 0 Å². The summed E-state index contributed by atoms with van der Waals surface area (Å²) in [5.41, 5.74) is 0.336. The first-order valence-corrected chi connectivity index (χ1v) is 7.69. The van der Waals surface area contributed by atoms with Gasteiger partial charge in [-0.3, -0.25) is 0 Å². The number of halogens is 1. The van der Waals surface area contributed by atoms with E-state index in [0.29, 0.717) is 25.0 Å². The number of hydrogen-bond donors (Lipinski definition) is 0. The fourth-order valence-electron chi connectivity index (χ4n) is 1.14. The van der Waals surface area contributed by atoms with E-state index in [9.17, 15) is 8.42 Å². The molecule has 0 fully saturated rings. The Morgan fingerprint density at radius 2 is 1.67 bits per heavy atom. The summed E-state index contributed by atoms with van der Waals surface area (Å²) in [6.45, 7) is 7.73. The van der Waals surface area contributed by atoms with Crippen LogP contribution in [0.25, 0.3) is 0 Å². The Kier molecular flexibility index (Phi) is 6.80. The largest absolute Gasteiger partial charge is 0.381 e. The van der Waals surface area contributed by atoms with Crippen LogP contribution in [-0.2, 0) is 13.8 Å². The standard InChI is InChI=1S/C10H21ClO3S/c1-10(2,3)6-4-7-14-8-5-9-15(11,12)13/h4-9H2,1-3H3. The van der Waals surface area contributed by atoms with Crippen LogP contribution >= 0.6 is 10.7 Å². The summed E-state index contributed by atoms with van der Waals surface area (Å²) < 4.78 is 26.4. The summed E-state index contributed by atoms with van der Waals surface area (Å²) in [4.78, 5) is 0. The Morgan fingerprint density at radius 1 is 1.13 bits per heavy atom. The predicted octanol–water partition coefficient (Wildman–Crippen LogP) is 2.79. The van der Waals surface area contributed by atoms with Gasteiger partial charge >= 0.3 is 0 Å². The van der Waals surface area contributed by atoms with Gasteiger partial charge in [-0.2, -0.15) is 0 Å². The number of ether oxygens (including phenoxy) is 1. The molecule has 0 bridgehead atoms. The second kappa shape index (κ2) is 6.71. The maximum Gasteiger partial charge on any atom is 0.232 e. The highest BCUT2D eigenvalue weighted by Crippen LogP contribution is 2.20. The summed E-state index contributed by atoms with van der Waals surface area (Å²) in [7, 11) is 1.70. The molecule has 0 saturated heterocycles. The lowest BCUT2D eigenvalue weighted by molar-refractivity contribution is 0.123. The van der Waals surface area contributed by atoms with Gasteiger partial charge in [0, 0.05) is 23.9 Å². The van der Waals surface area contributed by atoms with Gasteiger partial charge < -0.3 is 4.74 Å². The van der Waals surface area contributed by atoms with Crippen molar-refractivity contribution in [2.75, 3.05) is 19.0 Å².